The van der Waals surface area contributed by atoms with Crippen LogP contribution in [0.25, 0.3) is 16.7 Å². The summed E-state index contributed by atoms with van der Waals surface area (Å²) in [4.78, 5) is 15.7. The van der Waals surface area contributed by atoms with E-state index >= 15 is 0 Å². The second-order valence-electron chi connectivity index (χ2n) is 4.31. The van der Waals surface area contributed by atoms with Crippen LogP contribution in [0.3, 0.4) is 0 Å². The standard InChI is InChI=1S/C15H11ClN2O/c1-10-17-13-9-11(15(16)19)7-8-14(13)18(10)12-5-3-2-4-6-12/h2-9H,1H3. The molecule has 3 aromatic rings. The van der Waals surface area contributed by atoms with E-state index < -0.39 is 5.24 Å². The van der Waals surface area contributed by atoms with Gasteiger partial charge in [-0.3, -0.25) is 9.36 Å². The molecule has 1 heterocycles. The molecule has 0 spiro atoms. The number of benzene rings is 2. The zero-order valence-corrected chi connectivity index (χ0v) is 11.1. The average Bonchev–Trinajstić information content (AvgIpc) is 2.74. The second kappa shape index (κ2) is 4.52. The summed E-state index contributed by atoms with van der Waals surface area (Å²) < 4.78 is 2.05. The number of rotatable bonds is 2. The van der Waals surface area contributed by atoms with E-state index in [0.29, 0.717) is 5.56 Å². The summed E-state index contributed by atoms with van der Waals surface area (Å²) in [5, 5.41) is -0.464. The van der Waals surface area contributed by atoms with Crippen LogP contribution in [0.2, 0.25) is 0 Å². The minimum atomic E-state index is -0.464. The van der Waals surface area contributed by atoms with Crippen LogP contribution in [0, 0.1) is 6.92 Å². The van der Waals surface area contributed by atoms with Crippen molar-refractivity contribution in [1.82, 2.24) is 9.55 Å². The summed E-state index contributed by atoms with van der Waals surface area (Å²) in [6.07, 6.45) is 0. The molecule has 0 aliphatic rings. The lowest BCUT2D eigenvalue weighted by Crippen LogP contribution is -1.96. The molecule has 0 amide bonds. The predicted octanol–water partition coefficient (Wildman–Crippen LogP) is 3.71. The number of hydrogen-bond donors (Lipinski definition) is 0. The van der Waals surface area contributed by atoms with Crippen molar-refractivity contribution in [3.05, 3.63) is 59.9 Å². The zero-order valence-electron chi connectivity index (χ0n) is 10.3. The number of para-hydroxylation sites is 1. The van der Waals surface area contributed by atoms with Crippen LogP contribution < -0.4 is 0 Å². The SMILES string of the molecule is Cc1nc2cc(C(=O)Cl)ccc2n1-c1ccccc1. The first-order valence-electron chi connectivity index (χ1n) is 5.91. The van der Waals surface area contributed by atoms with Crippen molar-refractivity contribution in [3.63, 3.8) is 0 Å². The van der Waals surface area contributed by atoms with E-state index in [1.165, 1.54) is 0 Å². The number of fused-ring (bicyclic) bond motifs is 1. The highest BCUT2D eigenvalue weighted by Gasteiger charge is 2.11. The minimum absolute atomic E-state index is 0.464. The van der Waals surface area contributed by atoms with Crippen LogP contribution in [0.5, 0.6) is 0 Å². The molecule has 94 valence electrons. The lowest BCUT2D eigenvalue weighted by atomic mass is 10.2. The zero-order chi connectivity index (χ0) is 13.4. The van der Waals surface area contributed by atoms with E-state index in [9.17, 15) is 4.79 Å². The first-order valence-corrected chi connectivity index (χ1v) is 6.29. The first-order chi connectivity index (χ1) is 9.16. The summed E-state index contributed by atoms with van der Waals surface area (Å²) in [5.74, 6) is 0.875. The summed E-state index contributed by atoms with van der Waals surface area (Å²) in [5.41, 5.74) is 3.25. The molecule has 3 nitrogen and oxygen atoms in total. The van der Waals surface area contributed by atoms with Crippen molar-refractivity contribution >= 4 is 27.9 Å². The summed E-state index contributed by atoms with van der Waals surface area (Å²) >= 11 is 5.49. The van der Waals surface area contributed by atoms with Crippen molar-refractivity contribution in [2.75, 3.05) is 0 Å². The number of imidazole rings is 1. The number of aromatic nitrogens is 2. The van der Waals surface area contributed by atoms with Gasteiger partial charge >= 0.3 is 0 Å². The molecule has 2 aromatic carbocycles. The van der Waals surface area contributed by atoms with Crippen LogP contribution in [-0.2, 0) is 0 Å². The van der Waals surface area contributed by atoms with E-state index in [0.717, 1.165) is 22.5 Å². The third-order valence-corrected chi connectivity index (χ3v) is 3.28. The third-order valence-electron chi connectivity index (χ3n) is 3.06. The molecule has 0 aliphatic heterocycles. The summed E-state index contributed by atoms with van der Waals surface area (Å²) in [7, 11) is 0. The Morgan fingerprint density at radius 1 is 1.16 bits per heavy atom. The minimum Gasteiger partial charge on any atom is -0.297 e. The monoisotopic (exact) mass is 270 g/mol. The fourth-order valence-electron chi connectivity index (χ4n) is 2.23. The van der Waals surface area contributed by atoms with E-state index in [-0.39, 0.29) is 0 Å². The third kappa shape index (κ3) is 2.02. The molecule has 0 aliphatic carbocycles. The summed E-state index contributed by atoms with van der Waals surface area (Å²) in [6, 6.07) is 15.3. The van der Waals surface area contributed by atoms with Gasteiger partial charge in [0.2, 0.25) is 0 Å². The number of halogens is 1. The molecule has 0 atom stereocenters. The van der Waals surface area contributed by atoms with Crippen LogP contribution in [0.15, 0.2) is 48.5 Å². The van der Waals surface area contributed by atoms with Gasteiger partial charge in [0, 0.05) is 11.3 Å². The lowest BCUT2D eigenvalue weighted by molar-refractivity contribution is 0.108. The van der Waals surface area contributed by atoms with E-state index in [1.54, 1.807) is 12.1 Å². The molecular weight excluding hydrogens is 260 g/mol. The maximum atomic E-state index is 11.2. The summed E-state index contributed by atoms with van der Waals surface area (Å²) in [6.45, 7) is 1.94. The van der Waals surface area contributed by atoms with Crippen LogP contribution in [0.1, 0.15) is 16.2 Å². The van der Waals surface area contributed by atoms with Crippen LogP contribution in [-0.4, -0.2) is 14.8 Å². The first kappa shape index (κ1) is 11.9. The topological polar surface area (TPSA) is 34.9 Å². The second-order valence-corrected chi connectivity index (χ2v) is 4.65. The number of aryl methyl sites for hydroxylation is 1. The Kier molecular flexibility index (Phi) is 2.84. The van der Waals surface area contributed by atoms with Gasteiger partial charge in [-0.15, -0.1) is 0 Å². The Balaban J connectivity index is 2.27. The quantitative estimate of drug-likeness (QED) is 0.665. The molecular formula is C15H11ClN2O. The fourth-order valence-corrected chi connectivity index (χ4v) is 2.34. The average molecular weight is 271 g/mol. The van der Waals surface area contributed by atoms with Crippen molar-refractivity contribution in [2.45, 2.75) is 6.92 Å². The lowest BCUT2D eigenvalue weighted by Gasteiger charge is -2.06. The van der Waals surface area contributed by atoms with Gasteiger partial charge < -0.3 is 0 Å². The normalized spacial score (nSPS) is 10.8. The van der Waals surface area contributed by atoms with Crippen molar-refractivity contribution < 1.29 is 4.79 Å². The van der Waals surface area contributed by atoms with Crippen LogP contribution in [0.4, 0.5) is 0 Å². The fraction of sp³-hybridized carbons (Fsp3) is 0.0667. The van der Waals surface area contributed by atoms with Gasteiger partial charge in [-0.05, 0) is 48.9 Å². The number of carbonyl (C=O) groups is 1. The Hall–Kier alpha value is -2.13. The Morgan fingerprint density at radius 2 is 1.89 bits per heavy atom. The highest BCUT2D eigenvalue weighted by Crippen LogP contribution is 2.22. The maximum Gasteiger partial charge on any atom is 0.252 e. The predicted molar refractivity (Wildman–Crippen MR) is 76.0 cm³/mol. The number of hydrogen-bond acceptors (Lipinski definition) is 2. The molecule has 0 saturated heterocycles. The van der Waals surface area contributed by atoms with Gasteiger partial charge in [0.05, 0.1) is 11.0 Å². The molecule has 19 heavy (non-hydrogen) atoms. The van der Waals surface area contributed by atoms with Gasteiger partial charge in [-0.1, -0.05) is 18.2 Å². The molecule has 0 unspecified atom stereocenters. The molecule has 4 heteroatoms. The van der Waals surface area contributed by atoms with Crippen LogP contribution >= 0.6 is 11.6 Å². The van der Waals surface area contributed by atoms with Crippen molar-refractivity contribution in [3.8, 4) is 5.69 Å². The highest BCUT2D eigenvalue weighted by molar-refractivity contribution is 6.67. The van der Waals surface area contributed by atoms with Gasteiger partial charge in [-0.25, -0.2) is 4.98 Å². The van der Waals surface area contributed by atoms with Gasteiger partial charge in [0.25, 0.3) is 5.24 Å². The molecule has 0 saturated carbocycles. The van der Waals surface area contributed by atoms with E-state index in [4.69, 9.17) is 11.6 Å². The van der Waals surface area contributed by atoms with E-state index in [2.05, 4.69) is 9.55 Å². The number of carbonyl (C=O) groups excluding carboxylic acids is 1. The molecule has 0 N–H and O–H groups in total. The molecule has 1 aromatic heterocycles. The molecule has 3 rings (SSSR count). The van der Waals surface area contributed by atoms with E-state index in [1.807, 2.05) is 43.3 Å². The van der Waals surface area contributed by atoms with Gasteiger partial charge in [0.15, 0.2) is 0 Å². The van der Waals surface area contributed by atoms with Gasteiger partial charge in [-0.2, -0.15) is 0 Å². The Morgan fingerprint density at radius 3 is 2.58 bits per heavy atom. The highest BCUT2D eigenvalue weighted by atomic mass is 35.5. The molecule has 0 radical (unpaired) electrons. The maximum absolute atomic E-state index is 11.2. The van der Waals surface area contributed by atoms with Gasteiger partial charge in [0.1, 0.15) is 5.82 Å². The van der Waals surface area contributed by atoms with Crippen molar-refractivity contribution in [1.29, 1.82) is 0 Å². The molecule has 0 bridgehead atoms. The Bertz CT molecular complexity index is 762. The number of nitrogens with zero attached hydrogens (tertiary/aromatic N) is 2. The molecule has 0 fully saturated rings. The smallest absolute Gasteiger partial charge is 0.252 e. The Labute approximate surface area is 115 Å². The largest absolute Gasteiger partial charge is 0.297 e. The van der Waals surface area contributed by atoms with Crippen molar-refractivity contribution in [2.24, 2.45) is 0 Å².